The summed E-state index contributed by atoms with van der Waals surface area (Å²) in [6, 6.07) is 16.5. The minimum Gasteiger partial charge on any atom is -0.261 e. The van der Waals surface area contributed by atoms with Gasteiger partial charge >= 0.3 is 0 Å². The van der Waals surface area contributed by atoms with Gasteiger partial charge in [0.05, 0.1) is 16.6 Å². The second-order valence-corrected chi connectivity index (χ2v) is 6.14. The molecule has 0 atom stereocenters. The molecule has 0 unspecified atom stereocenters. The zero-order chi connectivity index (χ0) is 16.9. The highest BCUT2D eigenvalue weighted by Gasteiger charge is 2.07. The number of azo groups is 1. The van der Waals surface area contributed by atoms with Gasteiger partial charge in [0.2, 0.25) is 0 Å². The summed E-state index contributed by atoms with van der Waals surface area (Å²) in [6.45, 7) is 2.55. The van der Waals surface area contributed by atoms with Crippen LogP contribution in [0.25, 0.3) is 11.1 Å². The molecule has 0 aliphatic carbocycles. The lowest BCUT2D eigenvalue weighted by molar-refractivity contribution is 0.959. The molecule has 2 aromatic carbocycles. The second-order valence-electron chi connectivity index (χ2n) is 5.32. The topological polar surface area (TPSA) is 37.6 Å². The predicted octanol–water partition coefficient (Wildman–Crippen LogP) is 6.65. The highest BCUT2D eigenvalue weighted by molar-refractivity contribution is 6.38. The Morgan fingerprint density at radius 1 is 0.875 bits per heavy atom. The van der Waals surface area contributed by atoms with Gasteiger partial charge in [0.1, 0.15) is 5.69 Å². The summed E-state index contributed by atoms with van der Waals surface area (Å²) >= 11 is 12.1. The van der Waals surface area contributed by atoms with Gasteiger partial charge in [-0.2, -0.15) is 10.2 Å². The molecule has 3 nitrogen and oxygen atoms in total. The third-order valence-electron chi connectivity index (χ3n) is 3.69. The van der Waals surface area contributed by atoms with E-state index >= 15 is 0 Å². The van der Waals surface area contributed by atoms with Gasteiger partial charge in [0, 0.05) is 12.4 Å². The monoisotopic (exact) mass is 355 g/mol. The van der Waals surface area contributed by atoms with Crippen LogP contribution in [0, 0.1) is 6.92 Å². The lowest BCUT2D eigenvalue weighted by Gasteiger charge is -2.10. The molecule has 0 saturated carbocycles. The Morgan fingerprint density at radius 3 is 2.21 bits per heavy atom. The smallest absolute Gasteiger partial charge is 0.126 e. The van der Waals surface area contributed by atoms with Crippen LogP contribution in [-0.4, -0.2) is 4.98 Å². The quantitative estimate of drug-likeness (QED) is 0.482. The van der Waals surface area contributed by atoms with E-state index in [0.717, 1.165) is 11.1 Å². The summed E-state index contributed by atoms with van der Waals surface area (Å²) in [5, 5.41) is 9.23. The van der Waals surface area contributed by atoms with Gasteiger partial charge in [-0.1, -0.05) is 71.7 Å². The maximum absolute atomic E-state index is 6.06. The first-order valence-corrected chi connectivity index (χ1v) is 8.23. The molecular formula is C19H15Cl2N3. The summed E-state index contributed by atoms with van der Waals surface area (Å²) in [5.41, 5.74) is 5.12. The molecule has 0 N–H and O–H groups in total. The van der Waals surface area contributed by atoms with Gasteiger partial charge < -0.3 is 0 Å². The van der Waals surface area contributed by atoms with Crippen molar-refractivity contribution in [1.82, 2.24) is 4.98 Å². The number of nitrogens with zero attached hydrogens (tertiary/aromatic N) is 3. The van der Waals surface area contributed by atoms with E-state index in [2.05, 4.69) is 46.4 Å². The molecule has 5 heteroatoms. The second kappa shape index (κ2) is 7.56. The van der Waals surface area contributed by atoms with Crippen LogP contribution >= 0.6 is 23.2 Å². The molecule has 3 aromatic rings. The van der Waals surface area contributed by atoms with E-state index < -0.39 is 0 Å². The van der Waals surface area contributed by atoms with Crippen LogP contribution < -0.4 is 0 Å². The van der Waals surface area contributed by atoms with Crippen LogP contribution in [-0.2, 0) is 6.54 Å². The van der Waals surface area contributed by atoms with E-state index in [4.69, 9.17) is 23.2 Å². The molecule has 1 heterocycles. The van der Waals surface area contributed by atoms with Crippen molar-refractivity contribution in [2.45, 2.75) is 13.5 Å². The van der Waals surface area contributed by atoms with Crippen LogP contribution in [0.2, 0.25) is 10.0 Å². The predicted molar refractivity (Wildman–Crippen MR) is 99.1 cm³/mol. The third-order valence-corrected chi connectivity index (χ3v) is 4.25. The minimum atomic E-state index is 0.387. The molecule has 1 aromatic heterocycles. The van der Waals surface area contributed by atoms with Crippen LogP contribution in [0.5, 0.6) is 0 Å². The van der Waals surface area contributed by atoms with Crippen LogP contribution in [0.3, 0.4) is 0 Å². The van der Waals surface area contributed by atoms with Crippen molar-refractivity contribution in [3.63, 3.8) is 0 Å². The van der Waals surface area contributed by atoms with Crippen molar-refractivity contribution in [3.8, 4) is 11.1 Å². The van der Waals surface area contributed by atoms with Gasteiger partial charge in [-0.3, -0.25) is 4.98 Å². The minimum absolute atomic E-state index is 0.387. The number of hydrogen-bond acceptors (Lipinski definition) is 3. The number of rotatable bonds is 4. The van der Waals surface area contributed by atoms with Crippen LogP contribution in [0.1, 0.15) is 11.1 Å². The Labute approximate surface area is 151 Å². The summed E-state index contributed by atoms with van der Waals surface area (Å²) < 4.78 is 0. The number of aryl methyl sites for hydroxylation is 1. The van der Waals surface area contributed by atoms with E-state index in [9.17, 15) is 0 Å². The average molecular weight is 356 g/mol. The zero-order valence-corrected chi connectivity index (χ0v) is 14.6. The van der Waals surface area contributed by atoms with Crippen molar-refractivity contribution in [2.24, 2.45) is 10.2 Å². The first-order chi connectivity index (χ1) is 11.7. The van der Waals surface area contributed by atoms with Crippen molar-refractivity contribution in [1.29, 1.82) is 0 Å². The molecule has 0 aliphatic heterocycles. The maximum Gasteiger partial charge on any atom is 0.126 e. The van der Waals surface area contributed by atoms with Crippen LogP contribution in [0.4, 0.5) is 5.69 Å². The van der Waals surface area contributed by atoms with Crippen molar-refractivity contribution in [2.75, 3.05) is 0 Å². The largest absolute Gasteiger partial charge is 0.261 e. The number of halogens is 2. The summed E-state index contributed by atoms with van der Waals surface area (Å²) in [4.78, 5) is 3.91. The van der Waals surface area contributed by atoms with Gasteiger partial charge in [0.25, 0.3) is 0 Å². The molecular weight excluding hydrogens is 341 g/mol. The normalized spacial score (nSPS) is 11.1. The molecule has 0 radical (unpaired) electrons. The van der Waals surface area contributed by atoms with Crippen molar-refractivity contribution >= 4 is 28.9 Å². The van der Waals surface area contributed by atoms with Crippen molar-refractivity contribution in [3.05, 3.63) is 82.1 Å². The van der Waals surface area contributed by atoms with Gasteiger partial charge in [0.15, 0.2) is 0 Å². The first-order valence-electron chi connectivity index (χ1n) is 7.47. The number of aromatic nitrogens is 1. The molecule has 0 bridgehead atoms. The molecule has 0 aliphatic rings. The van der Waals surface area contributed by atoms with E-state index in [1.807, 2.05) is 24.3 Å². The highest BCUT2D eigenvalue weighted by atomic mass is 35.5. The van der Waals surface area contributed by atoms with Gasteiger partial charge in [-0.15, -0.1) is 0 Å². The maximum atomic E-state index is 6.06. The van der Waals surface area contributed by atoms with E-state index in [-0.39, 0.29) is 0 Å². The summed E-state index contributed by atoms with van der Waals surface area (Å²) in [5.74, 6) is 0. The number of pyridine rings is 1. The molecule has 3 rings (SSSR count). The van der Waals surface area contributed by atoms with Crippen LogP contribution in [0.15, 0.2) is 71.2 Å². The summed E-state index contributed by atoms with van der Waals surface area (Å²) in [6.07, 6.45) is 3.01. The molecule has 24 heavy (non-hydrogen) atoms. The average Bonchev–Trinajstić information content (AvgIpc) is 2.58. The van der Waals surface area contributed by atoms with E-state index in [0.29, 0.717) is 22.3 Å². The lowest BCUT2D eigenvalue weighted by atomic mass is 9.96. The molecule has 0 fully saturated rings. The SMILES string of the molecule is Cc1ccccc1-c1ccccc1CN=Nc1c(Cl)cncc1Cl. The Balaban J connectivity index is 1.90. The number of hydrogen-bond donors (Lipinski definition) is 0. The Morgan fingerprint density at radius 2 is 1.50 bits per heavy atom. The van der Waals surface area contributed by atoms with E-state index in [1.165, 1.54) is 23.5 Å². The number of benzene rings is 2. The first kappa shape index (κ1) is 16.6. The zero-order valence-electron chi connectivity index (χ0n) is 13.1. The molecule has 120 valence electrons. The highest BCUT2D eigenvalue weighted by Crippen LogP contribution is 2.32. The third kappa shape index (κ3) is 3.64. The fourth-order valence-corrected chi connectivity index (χ4v) is 2.92. The van der Waals surface area contributed by atoms with Gasteiger partial charge in [-0.05, 0) is 29.2 Å². The van der Waals surface area contributed by atoms with E-state index in [1.54, 1.807) is 0 Å². The lowest BCUT2D eigenvalue weighted by Crippen LogP contribution is -1.90. The Kier molecular flexibility index (Phi) is 5.24. The molecule has 0 amide bonds. The van der Waals surface area contributed by atoms with Crippen molar-refractivity contribution < 1.29 is 0 Å². The van der Waals surface area contributed by atoms with Gasteiger partial charge in [-0.25, -0.2) is 0 Å². The fourth-order valence-electron chi connectivity index (χ4n) is 2.48. The molecule has 0 spiro atoms. The Hall–Kier alpha value is -2.23. The summed E-state index contributed by atoms with van der Waals surface area (Å²) in [7, 11) is 0. The Bertz CT molecular complexity index is 871. The fraction of sp³-hybridized carbons (Fsp3) is 0.105. The molecule has 0 saturated heterocycles. The standard InChI is InChI=1S/C19H15Cl2N3/c1-13-6-2-4-8-15(13)16-9-5-3-7-14(16)10-23-24-19-17(20)11-22-12-18(19)21/h2-9,11-12H,10H2,1H3.